The van der Waals surface area contributed by atoms with Crippen molar-refractivity contribution in [2.75, 3.05) is 0 Å². The van der Waals surface area contributed by atoms with Crippen molar-refractivity contribution >= 4 is 0 Å². The average molecular weight is 220 g/mol. The molecule has 2 atom stereocenters. The zero-order valence-electron chi connectivity index (χ0n) is 7.91. The molecule has 0 spiro atoms. The minimum absolute atomic E-state index is 0.305. The van der Waals surface area contributed by atoms with Crippen LogP contribution in [0.25, 0.3) is 0 Å². The Morgan fingerprint density at radius 3 is 2.60 bits per heavy atom. The molecule has 0 amide bonds. The maximum absolute atomic E-state index is 12.2. The molecule has 0 radical (unpaired) electrons. The van der Waals surface area contributed by atoms with Gasteiger partial charge in [-0.25, -0.2) is 0 Å². The van der Waals surface area contributed by atoms with Crippen LogP contribution in [0.3, 0.4) is 0 Å². The highest BCUT2D eigenvalue weighted by atomic mass is 19.4. The van der Waals surface area contributed by atoms with Gasteiger partial charge in [0, 0.05) is 6.20 Å². The first kappa shape index (κ1) is 10.5. The van der Waals surface area contributed by atoms with Gasteiger partial charge in [0.1, 0.15) is 0 Å². The summed E-state index contributed by atoms with van der Waals surface area (Å²) in [7, 11) is 0. The van der Waals surface area contributed by atoms with Crippen LogP contribution in [0.15, 0.2) is 12.3 Å². The van der Waals surface area contributed by atoms with E-state index in [-0.39, 0.29) is 6.04 Å². The predicted molar refractivity (Wildman–Crippen MR) is 46.1 cm³/mol. The summed E-state index contributed by atoms with van der Waals surface area (Å²) in [6.45, 7) is 0. The van der Waals surface area contributed by atoms with E-state index in [0.29, 0.717) is 12.8 Å². The monoisotopic (exact) mass is 220 g/mol. The van der Waals surface area contributed by atoms with E-state index in [1.807, 2.05) is 0 Å². The van der Waals surface area contributed by atoms with Gasteiger partial charge in [-0.1, -0.05) is 0 Å². The fraction of sp³-hybridized carbons (Fsp3) is 0.667. The summed E-state index contributed by atoms with van der Waals surface area (Å²) < 4.78 is 38.0. The van der Waals surface area contributed by atoms with Gasteiger partial charge in [0.15, 0.2) is 5.69 Å². The van der Waals surface area contributed by atoms with Crippen molar-refractivity contribution in [3.8, 4) is 0 Å². The number of rotatable bonds is 1. The van der Waals surface area contributed by atoms with Gasteiger partial charge in [0.05, 0.1) is 12.1 Å². The van der Waals surface area contributed by atoms with Crippen molar-refractivity contribution < 1.29 is 18.3 Å². The van der Waals surface area contributed by atoms with E-state index in [2.05, 4.69) is 5.10 Å². The van der Waals surface area contributed by atoms with Crippen LogP contribution in [0.4, 0.5) is 13.2 Å². The Balaban J connectivity index is 2.20. The first-order chi connectivity index (χ1) is 6.98. The molecule has 1 heterocycles. The Labute approximate surface area is 84.5 Å². The number of nitrogens with zero attached hydrogens (tertiary/aromatic N) is 2. The molecule has 1 aliphatic rings. The highest BCUT2D eigenvalue weighted by Crippen LogP contribution is 2.32. The second kappa shape index (κ2) is 3.52. The molecule has 0 unspecified atom stereocenters. The van der Waals surface area contributed by atoms with E-state index >= 15 is 0 Å². The summed E-state index contributed by atoms with van der Waals surface area (Å²) in [5, 5.41) is 13.0. The number of aliphatic hydroxyl groups excluding tert-OH is 1. The minimum atomic E-state index is -4.41. The average Bonchev–Trinajstić information content (AvgIpc) is 2.69. The third-order valence-corrected chi connectivity index (χ3v) is 2.68. The maximum Gasteiger partial charge on any atom is 0.435 e. The Hall–Kier alpha value is -1.04. The van der Waals surface area contributed by atoms with Gasteiger partial charge in [-0.15, -0.1) is 0 Å². The number of aliphatic hydroxyl groups is 1. The summed E-state index contributed by atoms with van der Waals surface area (Å²) in [5.74, 6) is 0. The quantitative estimate of drug-likeness (QED) is 0.785. The highest BCUT2D eigenvalue weighted by Gasteiger charge is 2.35. The van der Waals surface area contributed by atoms with Crippen LogP contribution in [-0.2, 0) is 6.18 Å². The summed E-state index contributed by atoms with van der Waals surface area (Å²) >= 11 is 0. The Bertz CT molecular complexity index is 347. The zero-order chi connectivity index (χ0) is 11.1. The van der Waals surface area contributed by atoms with Crippen molar-refractivity contribution in [2.24, 2.45) is 0 Å². The Kier molecular flexibility index (Phi) is 2.46. The number of alkyl halides is 3. The normalized spacial score (nSPS) is 27.2. The molecule has 6 heteroatoms. The smallest absolute Gasteiger partial charge is 0.391 e. The third kappa shape index (κ3) is 1.99. The molecule has 84 valence electrons. The van der Waals surface area contributed by atoms with Gasteiger partial charge >= 0.3 is 6.18 Å². The van der Waals surface area contributed by atoms with Gasteiger partial charge in [-0.3, -0.25) is 4.68 Å². The summed E-state index contributed by atoms with van der Waals surface area (Å²) in [6.07, 6.45) is -1.57. The van der Waals surface area contributed by atoms with E-state index in [0.717, 1.165) is 12.5 Å². The lowest BCUT2D eigenvalue weighted by Crippen LogP contribution is -2.19. The van der Waals surface area contributed by atoms with E-state index in [4.69, 9.17) is 0 Å². The first-order valence-electron chi connectivity index (χ1n) is 4.79. The third-order valence-electron chi connectivity index (χ3n) is 2.68. The fourth-order valence-electron chi connectivity index (χ4n) is 1.90. The molecule has 1 aromatic rings. The van der Waals surface area contributed by atoms with Crippen LogP contribution in [0.1, 0.15) is 31.0 Å². The van der Waals surface area contributed by atoms with Gasteiger partial charge in [-0.2, -0.15) is 18.3 Å². The fourth-order valence-corrected chi connectivity index (χ4v) is 1.90. The number of hydrogen-bond acceptors (Lipinski definition) is 2. The van der Waals surface area contributed by atoms with Crippen molar-refractivity contribution in [3.05, 3.63) is 18.0 Å². The van der Waals surface area contributed by atoms with Crippen LogP contribution in [0, 0.1) is 0 Å². The van der Waals surface area contributed by atoms with Gasteiger partial charge in [0.2, 0.25) is 0 Å². The number of aromatic nitrogens is 2. The van der Waals surface area contributed by atoms with Crippen LogP contribution < -0.4 is 0 Å². The van der Waals surface area contributed by atoms with Gasteiger partial charge < -0.3 is 5.11 Å². The largest absolute Gasteiger partial charge is 0.435 e. The molecular weight excluding hydrogens is 209 g/mol. The number of halogens is 3. The summed E-state index contributed by atoms with van der Waals surface area (Å²) in [6, 6.07) is 0.631. The maximum atomic E-state index is 12.2. The van der Waals surface area contributed by atoms with Gasteiger partial charge in [-0.05, 0) is 25.3 Å². The molecule has 1 aliphatic carbocycles. The van der Waals surface area contributed by atoms with Crippen LogP contribution in [-0.4, -0.2) is 21.0 Å². The molecule has 3 nitrogen and oxygen atoms in total. The zero-order valence-corrected chi connectivity index (χ0v) is 7.91. The second-order valence-corrected chi connectivity index (χ2v) is 3.74. The molecule has 15 heavy (non-hydrogen) atoms. The summed E-state index contributed by atoms with van der Waals surface area (Å²) in [5.41, 5.74) is -0.901. The molecule has 0 saturated heterocycles. The SMILES string of the molecule is O[C@H]1CCC[C@@H]1n1ccc(C(F)(F)F)n1. The van der Waals surface area contributed by atoms with Crippen molar-refractivity contribution in [1.82, 2.24) is 9.78 Å². The van der Waals surface area contributed by atoms with Crippen molar-refractivity contribution in [3.63, 3.8) is 0 Å². The van der Waals surface area contributed by atoms with Crippen molar-refractivity contribution in [2.45, 2.75) is 37.6 Å². The second-order valence-electron chi connectivity index (χ2n) is 3.74. The van der Waals surface area contributed by atoms with E-state index in [1.54, 1.807) is 0 Å². The Morgan fingerprint density at radius 2 is 2.13 bits per heavy atom. The molecular formula is C9H11F3N2O. The molecule has 0 bridgehead atoms. The molecule has 1 fully saturated rings. The van der Waals surface area contributed by atoms with Gasteiger partial charge in [0.25, 0.3) is 0 Å². The molecule has 1 N–H and O–H groups in total. The molecule has 2 rings (SSSR count). The van der Waals surface area contributed by atoms with E-state index in [9.17, 15) is 18.3 Å². The first-order valence-corrected chi connectivity index (χ1v) is 4.79. The molecule has 0 aliphatic heterocycles. The lowest BCUT2D eigenvalue weighted by atomic mass is 10.2. The standard InChI is InChI=1S/C9H11F3N2O/c10-9(11,12)8-4-5-14(13-8)6-2-1-3-7(6)15/h4-7,15H,1-3H2/t6-,7-/m0/s1. The highest BCUT2D eigenvalue weighted by molar-refractivity contribution is 5.04. The minimum Gasteiger partial charge on any atom is -0.391 e. The lowest BCUT2D eigenvalue weighted by Gasteiger charge is -2.14. The lowest BCUT2D eigenvalue weighted by molar-refractivity contribution is -0.141. The van der Waals surface area contributed by atoms with E-state index < -0.39 is 18.0 Å². The van der Waals surface area contributed by atoms with E-state index in [1.165, 1.54) is 10.9 Å². The molecule has 0 aromatic carbocycles. The van der Waals surface area contributed by atoms with Crippen LogP contribution in [0.5, 0.6) is 0 Å². The van der Waals surface area contributed by atoms with Crippen LogP contribution >= 0.6 is 0 Å². The van der Waals surface area contributed by atoms with Crippen molar-refractivity contribution in [1.29, 1.82) is 0 Å². The Morgan fingerprint density at radius 1 is 1.40 bits per heavy atom. The van der Waals surface area contributed by atoms with Crippen LogP contribution in [0.2, 0.25) is 0 Å². The number of hydrogen-bond donors (Lipinski definition) is 1. The predicted octanol–water partition coefficient (Wildman–Crippen LogP) is 1.99. The topological polar surface area (TPSA) is 38.0 Å². The molecule has 1 saturated carbocycles. The summed E-state index contributed by atoms with van der Waals surface area (Å²) in [4.78, 5) is 0. The molecule has 1 aromatic heterocycles.